The molecular formula is C22H27NO6. The molecule has 1 atom stereocenters. The zero-order chi connectivity index (χ0) is 20.6. The first-order chi connectivity index (χ1) is 14.2. The summed E-state index contributed by atoms with van der Waals surface area (Å²) in [5.74, 6) is 2.04. The molecule has 7 heteroatoms. The number of ether oxygens (including phenoxy) is 5. The van der Waals surface area contributed by atoms with Gasteiger partial charge in [-0.15, -0.1) is 0 Å². The van der Waals surface area contributed by atoms with E-state index in [1.807, 2.05) is 12.1 Å². The maximum absolute atomic E-state index is 12.8. The monoisotopic (exact) mass is 401 g/mol. The first-order valence-electron chi connectivity index (χ1n) is 9.56. The van der Waals surface area contributed by atoms with Gasteiger partial charge in [0, 0.05) is 24.8 Å². The lowest BCUT2D eigenvalue weighted by Gasteiger charge is -2.16. The highest BCUT2D eigenvalue weighted by Gasteiger charge is 2.19. The Kier molecular flexibility index (Phi) is 7.19. The Morgan fingerprint density at radius 3 is 2.45 bits per heavy atom. The molecule has 1 aliphatic heterocycles. The molecular weight excluding hydrogens is 374 g/mol. The average Bonchev–Trinajstić information content (AvgIpc) is 3.29. The highest BCUT2D eigenvalue weighted by atomic mass is 16.5. The van der Waals surface area contributed by atoms with Crippen LogP contribution in [0.15, 0.2) is 36.4 Å². The van der Waals surface area contributed by atoms with E-state index in [4.69, 9.17) is 23.7 Å². The number of hydrogen-bond acceptors (Lipinski definition) is 6. The first kappa shape index (κ1) is 20.8. The molecule has 1 aliphatic rings. The topological polar surface area (TPSA) is 75.2 Å². The minimum Gasteiger partial charge on any atom is -0.496 e. The largest absolute Gasteiger partial charge is 0.496 e. The Morgan fingerprint density at radius 1 is 1.03 bits per heavy atom. The SMILES string of the molecule is COc1cc(OC)c(OC)cc1CNC(=O)c1ccccc1OCC1CCCO1. The van der Waals surface area contributed by atoms with E-state index in [0.29, 0.717) is 35.2 Å². The molecule has 0 radical (unpaired) electrons. The van der Waals surface area contributed by atoms with Crippen LogP contribution in [0.3, 0.4) is 0 Å². The zero-order valence-electron chi connectivity index (χ0n) is 17.0. The van der Waals surface area contributed by atoms with E-state index in [1.54, 1.807) is 45.6 Å². The molecule has 1 saturated heterocycles. The minimum absolute atomic E-state index is 0.0853. The minimum atomic E-state index is -0.232. The Labute approximate surface area is 170 Å². The van der Waals surface area contributed by atoms with Gasteiger partial charge in [-0.05, 0) is 31.0 Å². The lowest BCUT2D eigenvalue weighted by atomic mass is 10.1. The molecule has 3 rings (SSSR count). The van der Waals surface area contributed by atoms with Crippen molar-refractivity contribution in [1.29, 1.82) is 0 Å². The summed E-state index contributed by atoms with van der Waals surface area (Å²) in [6, 6.07) is 10.7. The molecule has 1 heterocycles. The van der Waals surface area contributed by atoms with Crippen molar-refractivity contribution >= 4 is 5.91 Å². The van der Waals surface area contributed by atoms with Gasteiger partial charge >= 0.3 is 0 Å². The molecule has 0 aliphatic carbocycles. The van der Waals surface area contributed by atoms with Gasteiger partial charge in [0.1, 0.15) is 18.1 Å². The molecule has 1 N–H and O–H groups in total. The van der Waals surface area contributed by atoms with E-state index >= 15 is 0 Å². The van der Waals surface area contributed by atoms with Crippen molar-refractivity contribution in [2.45, 2.75) is 25.5 Å². The summed E-state index contributed by atoms with van der Waals surface area (Å²) in [4.78, 5) is 12.8. The van der Waals surface area contributed by atoms with Crippen molar-refractivity contribution in [2.24, 2.45) is 0 Å². The van der Waals surface area contributed by atoms with Crippen molar-refractivity contribution in [2.75, 3.05) is 34.5 Å². The predicted octanol–water partition coefficient (Wildman–Crippen LogP) is 3.20. The number of amides is 1. The van der Waals surface area contributed by atoms with Gasteiger partial charge in [0.2, 0.25) is 0 Å². The van der Waals surface area contributed by atoms with Crippen molar-refractivity contribution < 1.29 is 28.5 Å². The third-order valence-corrected chi connectivity index (χ3v) is 4.81. The molecule has 0 aromatic heterocycles. The van der Waals surface area contributed by atoms with Crippen LogP contribution < -0.4 is 24.3 Å². The van der Waals surface area contributed by atoms with E-state index in [0.717, 1.165) is 25.0 Å². The maximum atomic E-state index is 12.8. The van der Waals surface area contributed by atoms with E-state index in [-0.39, 0.29) is 18.6 Å². The summed E-state index contributed by atoms with van der Waals surface area (Å²) < 4.78 is 27.5. The van der Waals surface area contributed by atoms with Gasteiger partial charge in [-0.2, -0.15) is 0 Å². The number of hydrogen-bond donors (Lipinski definition) is 1. The summed E-state index contributed by atoms with van der Waals surface area (Å²) in [5, 5.41) is 2.92. The number of carbonyl (C=O) groups excluding carboxylic acids is 1. The fourth-order valence-electron chi connectivity index (χ4n) is 3.24. The van der Waals surface area contributed by atoms with E-state index < -0.39 is 0 Å². The van der Waals surface area contributed by atoms with Crippen LogP contribution in [0, 0.1) is 0 Å². The zero-order valence-corrected chi connectivity index (χ0v) is 17.0. The van der Waals surface area contributed by atoms with Crippen LogP contribution >= 0.6 is 0 Å². The van der Waals surface area contributed by atoms with Gasteiger partial charge in [0.05, 0.1) is 33.0 Å². The van der Waals surface area contributed by atoms with Crippen molar-refractivity contribution in [1.82, 2.24) is 5.32 Å². The van der Waals surface area contributed by atoms with Crippen LogP contribution in [-0.2, 0) is 11.3 Å². The van der Waals surface area contributed by atoms with Crippen LogP contribution in [0.4, 0.5) is 0 Å². The summed E-state index contributed by atoms with van der Waals surface area (Å²) in [6.07, 6.45) is 2.11. The third kappa shape index (κ3) is 5.12. The van der Waals surface area contributed by atoms with Crippen LogP contribution in [0.2, 0.25) is 0 Å². The van der Waals surface area contributed by atoms with Gasteiger partial charge in [-0.3, -0.25) is 4.79 Å². The average molecular weight is 401 g/mol. The van der Waals surface area contributed by atoms with Gasteiger partial charge in [-0.25, -0.2) is 0 Å². The summed E-state index contributed by atoms with van der Waals surface area (Å²) in [6.45, 7) is 1.47. The summed E-state index contributed by atoms with van der Waals surface area (Å²) in [5.41, 5.74) is 1.25. The fraction of sp³-hybridized carbons (Fsp3) is 0.409. The number of benzene rings is 2. The molecule has 1 amide bonds. The molecule has 2 aromatic carbocycles. The maximum Gasteiger partial charge on any atom is 0.255 e. The molecule has 2 aromatic rings. The molecule has 1 fully saturated rings. The lowest BCUT2D eigenvalue weighted by Crippen LogP contribution is -2.24. The Morgan fingerprint density at radius 2 is 1.76 bits per heavy atom. The molecule has 156 valence electrons. The third-order valence-electron chi connectivity index (χ3n) is 4.81. The predicted molar refractivity (Wildman–Crippen MR) is 108 cm³/mol. The van der Waals surface area contributed by atoms with E-state index in [2.05, 4.69) is 5.32 Å². The van der Waals surface area contributed by atoms with Crippen molar-refractivity contribution in [3.8, 4) is 23.0 Å². The Bertz CT molecular complexity index is 832. The standard InChI is InChI=1S/C22H27NO6/c1-25-19-12-21(27-3)20(26-2)11-15(19)13-23-22(24)17-8-4-5-9-18(17)29-14-16-7-6-10-28-16/h4-5,8-9,11-12,16H,6-7,10,13-14H2,1-3H3,(H,23,24). The Balaban J connectivity index is 1.69. The second kappa shape index (κ2) is 10.0. The van der Waals surface area contributed by atoms with Gasteiger partial charge in [-0.1, -0.05) is 12.1 Å². The fourth-order valence-corrected chi connectivity index (χ4v) is 3.24. The highest BCUT2D eigenvalue weighted by Crippen LogP contribution is 2.34. The summed E-state index contributed by atoms with van der Waals surface area (Å²) in [7, 11) is 4.70. The Hall–Kier alpha value is -2.93. The van der Waals surface area contributed by atoms with Crippen LogP contribution in [0.25, 0.3) is 0 Å². The van der Waals surface area contributed by atoms with Crippen LogP contribution in [0.1, 0.15) is 28.8 Å². The number of methoxy groups -OCH3 is 3. The van der Waals surface area contributed by atoms with Gasteiger partial charge < -0.3 is 29.0 Å². The number of para-hydroxylation sites is 1. The highest BCUT2D eigenvalue weighted by molar-refractivity contribution is 5.96. The second-order valence-corrected chi connectivity index (χ2v) is 6.64. The lowest BCUT2D eigenvalue weighted by molar-refractivity contribution is 0.0670. The molecule has 0 spiro atoms. The van der Waals surface area contributed by atoms with E-state index in [1.165, 1.54) is 0 Å². The first-order valence-corrected chi connectivity index (χ1v) is 9.56. The molecule has 1 unspecified atom stereocenters. The van der Waals surface area contributed by atoms with Crippen LogP contribution in [0.5, 0.6) is 23.0 Å². The number of rotatable bonds is 9. The molecule has 7 nitrogen and oxygen atoms in total. The second-order valence-electron chi connectivity index (χ2n) is 6.64. The van der Waals surface area contributed by atoms with Crippen molar-refractivity contribution in [3.05, 3.63) is 47.5 Å². The molecule has 0 saturated carbocycles. The van der Waals surface area contributed by atoms with Crippen molar-refractivity contribution in [3.63, 3.8) is 0 Å². The number of carbonyl (C=O) groups is 1. The quantitative estimate of drug-likeness (QED) is 0.696. The van der Waals surface area contributed by atoms with Gasteiger partial charge in [0.15, 0.2) is 11.5 Å². The molecule has 29 heavy (non-hydrogen) atoms. The molecule has 0 bridgehead atoms. The van der Waals surface area contributed by atoms with E-state index in [9.17, 15) is 4.79 Å². The smallest absolute Gasteiger partial charge is 0.255 e. The summed E-state index contributed by atoms with van der Waals surface area (Å²) >= 11 is 0. The van der Waals surface area contributed by atoms with Crippen LogP contribution in [-0.4, -0.2) is 46.6 Å². The van der Waals surface area contributed by atoms with Gasteiger partial charge in [0.25, 0.3) is 5.91 Å². The normalized spacial score (nSPS) is 15.6. The number of nitrogens with one attached hydrogen (secondary N) is 1.